The van der Waals surface area contributed by atoms with Crippen molar-refractivity contribution in [3.63, 3.8) is 0 Å². The molecule has 4 rings (SSSR count). The summed E-state index contributed by atoms with van der Waals surface area (Å²) < 4.78 is 6.64. The summed E-state index contributed by atoms with van der Waals surface area (Å²) in [6, 6.07) is 9.80. The first-order chi connectivity index (χ1) is 14.0. The molecule has 29 heavy (non-hydrogen) atoms. The van der Waals surface area contributed by atoms with Crippen LogP contribution in [0.25, 0.3) is 23.0 Å². The van der Waals surface area contributed by atoms with Gasteiger partial charge in [-0.25, -0.2) is 4.79 Å². The molecule has 7 heteroatoms. The number of allylic oxidation sites excluding steroid dienone is 1. The van der Waals surface area contributed by atoms with Gasteiger partial charge < -0.3 is 4.57 Å². The second-order valence-electron chi connectivity index (χ2n) is 7.30. The molecule has 0 amide bonds. The van der Waals surface area contributed by atoms with Crippen molar-refractivity contribution in [3.05, 3.63) is 74.7 Å². The molecule has 150 valence electrons. The zero-order valence-electron chi connectivity index (χ0n) is 17.0. The summed E-state index contributed by atoms with van der Waals surface area (Å²) in [4.78, 5) is 30.6. The minimum atomic E-state index is -0.363. The molecule has 0 unspecified atom stereocenters. The van der Waals surface area contributed by atoms with Crippen molar-refractivity contribution in [1.29, 1.82) is 0 Å². The highest BCUT2D eigenvalue weighted by atomic mass is 16.2. The van der Waals surface area contributed by atoms with Crippen molar-refractivity contribution in [1.82, 2.24) is 23.1 Å². The molecule has 0 fully saturated rings. The van der Waals surface area contributed by atoms with Gasteiger partial charge in [0.2, 0.25) is 5.78 Å². The second kappa shape index (κ2) is 7.58. The third-order valence-corrected chi connectivity index (χ3v) is 5.27. The van der Waals surface area contributed by atoms with Crippen molar-refractivity contribution in [2.45, 2.75) is 39.8 Å². The van der Waals surface area contributed by atoms with Crippen LogP contribution in [0, 0.1) is 6.92 Å². The van der Waals surface area contributed by atoms with Crippen LogP contribution < -0.4 is 11.2 Å². The van der Waals surface area contributed by atoms with Gasteiger partial charge in [0.05, 0.1) is 0 Å². The van der Waals surface area contributed by atoms with Crippen molar-refractivity contribution in [2.75, 3.05) is 0 Å². The summed E-state index contributed by atoms with van der Waals surface area (Å²) in [5, 5.41) is 0. The third-order valence-electron chi connectivity index (χ3n) is 5.27. The van der Waals surface area contributed by atoms with Crippen molar-refractivity contribution in [2.24, 2.45) is 7.05 Å². The quantitative estimate of drug-likeness (QED) is 0.508. The highest BCUT2D eigenvalue weighted by molar-refractivity contribution is 5.75. The summed E-state index contributed by atoms with van der Waals surface area (Å²) in [5.41, 5.74) is 2.25. The molecule has 1 aromatic carbocycles. The fourth-order valence-corrected chi connectivity index (χ4v) is 3.67. The van der Waals surface area contributed by atoms with E-state index in [0.717, 1.165) is 30.6 Å². The third kappa shape index (κ3) is 3.22. The van der Waals surface area contributed by atoms with Gasteiger partial charge >= 0.3 is 5.69 Å². The number of aryl methyl sites for hydroxylation is 3. The maximum absolute atomic E-state index is 13.2. The van der Waals surface area contributed by atoms with Gasteiger partial charge in [0.15, 0.2) is 11.2 Å². The SMILES string of the molecule is CCCCn1c(C)cn2c3c(=O)n(C/C=C\c4ccccc4)c(=O)n(C)c3nc12. The minimum absolute atomic E-state index is 0.207. The zero-order chi connectivity index (χ0) is 20.5. The fraction of sp³-hybridized carbons (Fsp3) is 0.318. The predicted molar refractivity (Wildman–Crippen MR) is 115 cm³/mol. The van der Waals surface area contributed by atoms with E-state index in [1.165, 1.54) is 9.13 Å². The molecular weight excluding hydrogens is 366 g/mol. The van der Waals surface area contributed by atoms with Gasteiger partial charge in [0, 0.05) is 32.0 Å². The highest BCUT2D eigenvalue weighted by Crippen LogP contribution is 2.17. The Morgan fingerprint density at radius 3 is 2.59 bits per heavy atom. The molecule has 0 aliphatic rings. The number of rotatable bonds is 6. The summed E-state index contributed by atoms with van der Waals surface area (Å²) >= 11 is 0. The molecule has 0 radical (unpaired) electrons. The lowest BCUT2D eigenvalue weighted by atomic mass is 10.2. The number of hydrogen-bond acceptors (Lipinski definition) is 3. The van der Waals surface area contributed by atoms with Crippen molar-refractivity contribution in [3.8, 4) is 0 Å². The van der Waals surface area contributed by atoms with Crippen LogP contribution in [0.2, 0.25) is 0 Å². The largest absolute Gasteiger partial charge is 0.332 e. The van der Waals surface area contributed by atoms with Crippen LogP contribution in [0.15, 0.2) is 52.2 Å². The molecule has 0 bridgehead atoms. The Balaban J connectivity index is 1.84. The first kappa shape index (κ1) is 19.0. The van der Waals surface area contributed by atoms with E-state index in [1.807, 2.05) is 60.0 Å². The smallest absolute Gasteiger partial charge is 0.314 e. The van der Waals surface area contributed by atoms with Gasteiger partial charge in [-0.15, -0.1) is 0 Å². The fourth-order valence-electron chi connectivity index (χ4n) is 3.67. The first-order valence-corrected chi connectivity index (χ1v) is 9.92. The lowest BCUT2D eigenvalue weighted by Crippen LogP contribution is -2.39. The van der Waals surface area contributed by atoms with E-state index in [-0.39, 0.29) is 17.8 Å². The Hall–Kier alpha value is -3.35. The molecular formula is C22H25N5O2. The monoisotopic (exact) mass is 391 g/mol. The van der Waals surface area contributed by atoms with Gasteiger partial charge in [0.1, 0.15) is 0 Å². The normalized spacial score (nSPS) is 12.0. The summed E-state index contributed by atoms with van der Waals surface area (Å²) in [6.07, 6.45) is 7.77. The second-order valence-corrected chi connectivity index (χ2v) is 7.30. The Kier molecular flexibility index (Phi) is 4.96. The van der Waals surface area contributed by atoms with E-state index in [1.54, 1.807) is 7.05 Å². The Morgan fingerprint density at radius 2 is 1.86 bits per heavy atom. The maximum Gasteiger partial charge on any atom is 0.332 e. The van der Waals surface area contributed by atoms with E-state index in [9.17, 15) is 9.59 Å². The number of hydrogen-bond donors (Lipinski definition) is 0. The van der Waals surface area contributed by atoms with Crippen LogP contribution in [0.1, 0.15) is 31.0 Å². The summed E-state index contributed by atoms with van der Waals surface area (Å²) in [6.45, 7) is 5.20. The van der Waals surface area contributed by atoms with Gasteiger partial charge in [-0.2, -0.15) is 4.98 Å². The van der Waals surface area contributed by atoms with E-state index in [4.69, 9.17) is 0 Å². The predicted octanol–water partition coefficient (Wildman–Crippen LogP) is 2.97. The zero-order valence-corrected chi connectivity index (χ0v) is 17.0. The molecule has 3 aromatic heterocycles. The van der Waals surface area contributed by atoms with E-state index < -0.39 is 0 Å². The molecule has 0 N–H and O–H groups in total. The molecule has 0 aliphatic heterocycles. The van der Waals surface area contributed by atoms with Gasteiger partial charge in [0.25, 0.3) is 5.56 Å². The molecule has 0 spiro atoms. The Bertz CT molecular complexity index is 1320. The van der Waals surface area contributed by atoms with Crippen LogP contribution in [0.4, 0.5) is 0 Å². The van der Waals surface area contributed by atoms with Gasteiger partial charge in [-0.05, 0) is 18.9 Å². The first-order valence-electron chi connectivity index (χ1n) is 9.92. The molecule has 4 aromatic rings. The number of imidazole rings is 2. The maximum atomic E-state index is 13.2. The minimum Gasteiger partial charge on any atom is -0.314 e. The standard InChI is InChI=1S/C22H25N5O2/c1-4-5-13-25-16(2)15-27-18-19(23-21(25)27)24(3)22(29)26(20(18)28)14-9-12-17-10-7-6-8-11-17/h6-12,15H,4-5,13-14H2,1-3H3/b12-9-. The van der Waals surface area contributed by atoms with Gasteiger partial charge in [-0.3, -0.25) is 18.3 Å². The lowest BCUT2D eigenvalue weighted by molar-refractivity contribution is 0.631. The van der Waals surface area contributed by atoms with Crippen LogP contribution in [0.5, 0.6) is 0 Å². The van der Waals surface area contributed by atoms with E-state index in [2.05, 4.69) is 16.5 Å². The van der Waals surface area contributed by atoms with E-state index in [0.29, 0.717) is 16.9 Å². The number of unbranched alkanes of at least 4 members (excludes halogenated alkanes) is 1. The number of benzene rings is 1. The molecule has 0 saturated carbocycles. The topological polar surface area (TPSA) is 66.2 Å². The van der Waals surface area contributed by atoms with Crippen LogP contribution >= 0.6 is 0 Å². The van der Waals surface area contributed by atoms with Crippen LogP contribution in [-0.4, -0.2) is 23.1 Å². The summed E-state index contributed by atoms with van der Waals surface area (Å²) in [7, 11) is 1.66. The molecule has 0 saturated heterocycles. The lowest BCUT2D eigenvalue weighted by Gasteiger charge is -2.06. The Labute approximate surface area is 168 Å². The number of nitrogens with zero attached hydrogens (tertiary/aromatic N) is 5. The average molecular weight is 391 g/mol. The average Bonchev–Trinajstić information content (AvgIpc) is 3.23. The molecule has 3 heterocycles. The van der Waals surface area contributed by atoms with Crippen molar-refractivity contribution < 1.29 is 0 Å². The van der Waals surface area contributed by atoms with Crippen molar-refractivity contribution >= 4 is 23.0 Å². The highest BCUT2D eigenvalue weighted by Gasteiger charge is 2.19. The number of fused-ring (bicyclic) bond motifs is 3. The number of aromatic nitrogens is 5. The Morgan fingerprint density at radius 1 is 1.10 bits per heavy atom. The molecule has 7 nitrogen and oxygen atoms in total. The van der Waals surface area contributed by atoms with Crippen LogP contribution in [0.3, 0.4) is 0 Å². The molecule has 0 aliphatic carbocycles. The van der Waals surface area contributed by atoms with E-state index >= 15 is 0 Å². The summed E-state index contributed by atoms with van der Waals surface area (Å²) in [5.74, 6) is 0.704. The molecule has 0 atom stereocenters. The van der Waals surface area contributed by atoms with Crippen LogP contribution in [-0.2, 0) is 20.1 Å². The van der Waals surface area contributed by atoms with Gasteiger partial charge in [-0.1, -0.05) is 55.8 Å².